The fourth-order valence-electron chi connectivity index (χ4n) is 2.91. The van der Waals surface area contributed by atoms with Crippen LogP contribution < -0.4 is 10.6 Å². The third kappa shape index (κ3) is 7.54. The second-order valence-electron chi connectivity index (χ2n) is 7.88. The van der Waals surface area contributed by atoms with Crippen LogP contribution in [0.2, 0.25) is 0 Å². The van der Waals surface area contributed by atoms with Gasteiger partial charge >= 0.3 is 6.09 Å². The van der Waals surface area contributed by atoms with Crippen molar-refractivity contribution in [3.63, 3.8) is 0 Å². The summed E-state index contributed by atoms with van der Waals surface area (Å²) in [5.41, 5.74) is 0.156. The number of carbonyl (C=O) groups excluding carboxylic acids is 3. The Kier molecular flexibility index (Phi) is 7.37. The van der Waals surface area contributed by atoms with Crippen LogP contribution in [0.1, 0.15) is 39.2 Å². The van der Waals surface area contributed by atoms with Crippen LogP contribution in [-0.4, -0.2) is 54.1 Å². The average Bonchev–Trinajstić information content (AvgIpc) is 2.61. The molecule has 1 aliphatic rings. The molecule has 0 aliphatic carbocycles. The number of amides is 3. The minimum Gasteiger partial charge on any atom is -0.444 e. The summed E-state index contributed by atoms with van der Waals surface area (Å²) in [5.74, 6) is -0.626. The number of carbonyl (C=O) groups is 3. The molecule has 0 radical (unpaired) electrons. The molecular formula is C20H28FN3O4. The van der Waals surface area contributed by atoms with Crippen LogP contribution in [-0.2, 0) is 20.7 Å². The Bertz CT molecular complexity index is 692. The zero-order chi connectivity index (χ0) is 20.7. The van der Waals surface area contributed by atoms with E-state index in [2.05, 4.69) is 10.6 Å². The molecule has 0 atom stereocenters. The Morgan fingerprint density at radius 1 is 1.14 bits per heavy atom. The first-order valence-electron chi connectivity index (χ1n) is 9.41. The lowest BCUT2D eigenvalue weighted by molar-refractivity contribution is -0.131. The largest absolute Gasteiger partial charge is 0.444 e. The van der Waals surface area contributed by atoms with Crippen LogP contribution in [0, 0.1) is 5.82 Å². The Morgan fingerprint density at radius 3 is 2.32 bits per heavy atom. The van der Waals surface area contributed by atoms with Gasteiger partial charge in [-0.05, 0) is 51.3 Å². The number of ether oxygens (including phenoxy) is 1. The molecule has 0 aromatic heterocycles. The number of benzene rings is 1. The van der Waals surface area contributed by atoms with Crippen molar-refractivity contribution in [3.8, 4) is 0 Å². The number of likely N-dealkylation sites (tertiary alicyclic amines) is 1. The maximum Gasteiger partial charge on any atom is 0.408 e. The molecule has 1 saturated heterocycles. The summed E-state index contributed by atoms with van der Waals surface area (Å²) in [6, 6.07) is 5.86. The average molecular weight is 393 g/mol. The van der Waals surface area contributed by atoms with E-state index < -0.39 is 11.7 Å². The molecule has 0 bridgehead atoms. The molecule has 7 nitrogen and oxygen atoms in total. The predicted octanol–water partition coefficient (Wildman–Crippen LogP) is 2.00. The van der Waals surface area contributed by atoms with E-state index in [9.17, 15) is 18.8 Å². The van der Waals surface area contributed by atoms with Gasteiger partial charge in [0, 0.05) is 19.1 Å². The van der Waals surface area contributed by atoms with Crippen molar-refractivity contribution < 1.29 is 23.5 Å². The van der Waals surface area contributed by atoms with Crippen molar-refractivity contribution in [2.24, 2.45) is 0 Å². The van der Waals surface area contributed by atoms with Crippen LogP contribution in [0.5, 0.6) is 0 Å². The minimum absolute atomic E-state index is 0.0111. The van der Waals surface area contributed by atoms with E-state index in [1.807, 2.05) is 0 Å². The molecule has 154 valence electrons. The molecule has 2 rings (SSSR count). The van der Waals surface area contributed by atoms with Gasteiger partial charge in [0.2, 0.25) is 11.8 Å². The fraction of sp³-hybridized carbons (Fsp3) is 0.550. The van der Waals surface area contributed by atoms with Gasteiger partial charge in [-0.15, -0.1) is 0 Å². The van der Waals surface area contributed by atoms with Crippen LogP contribution in [0.3, 0.4) is 0 Å². The molecule has 1 aliphatic heterocycles. The molecule has 1 aromatic rings. The van der Waals surface area contributed by atoms with Crippen molar-refractivity contribution >= 4 is 17.9 Å². The van der Waals surface area contributed by atoms with Gasteiger partial charge in [-0.2, -0.15) is 0 Å². The SMILES string of the molecule is CC(C)(C)OC(=O)NCC(=O)NC1CCN(C(=O)Cc2ccc(F)cc2)CC1. The highest BCUT2D eigenvalue weighted by Crippen LogP contribution is 2.13. The van der Waals surface area contributed by atoms with E-state index in [0.29, 0.717) is 25.9 Å². The summed E-state index contributed by atoms with van der Waals surface area (Å²) in [6.07, 6.45) is 0.890. The minimum atomic E-state index is -0.635. The van der Waals surface area contributed by atoms with Crippen molar-refractivity contribution in [2.45, 2.75) is 51.7 Å². The second kappa shape index (κ2) is 9.52. The Balaban J connectivity index is 1.68. The van der Waals surface area contributed by atoms with Gasteiger partial charge in [0.1, 0.15) is 18.0 Å². The summed E-state index contributed by atoms with van der Waals surface area (Å²) in [7, 11) is 0. The molecule has 0 unspecified atom stereocenters. The molecule has 3 amide bonds. The molecule has 1 aromatic carbocycles. The zero-order valence-corrected chi connectivity index (χ0v) is 16.6. The topological polar surface area (TPSA) is 87.7 Å². The van der Waals surface area contributed by atoms with Crippen molar-refractivity contribution in [3.05, 3.63) is 35.6 Å². The van der Waals surface area contributed by atoms with Gasteiger partial charge in [-0.1, -0.05) is 12.1 Å². The van der Waals surface area contributed by atoms with Gasteiger partial charge in [0.05, 0.1) is 6.42 Å². The lowest BCUT2D eigenvalue weighted by atomic mass is 10.0. The summed E-state index contributed by atoms with van der Waals surface area (Å²) in [6.45, 7) is 6.18. The van der Waals surface area contributed by atoms with Gasteiger partial charge in [0.25, 0.3) is 0 Å². The van der Waals surface area contributed by atoms with Gasteiger partial charge in [0.15, 0.2) is 0 Å². The first-order chi connectivity index (χ1) is 13.1. The molecule has 0 spiro atoms. The highest BCUT2D eigenvalue weighted by atomic mass is 19.1. The fourth-order valence-corrected chi connectivity index (χ4v) is 2.91. The molecular weight excluding hydrogens is 365 g/mol. The number of hydrogen-bond acceptors (Lipinski definition) is 4. The highest BCUT2D eigenvalue weighted by Gasteiger charge is 2.24. The van der Waals surface area contributed by atoms with Crippen LogP contribution in [0.25, 0.3) is 0 Å². The number of alkyl carbamates (subject to hydrolysis) is 1. The van der Waals surface area contributed by atoms with E-state index in [1.165, 1.54) is 12.1 Å². The van der Waals surface area contributed by atoms with E-state index in [-0.39, 0.29) is 36.6 Å². The van der Waals surface area contributed by atoms with Crippen molar-refractivity contribution in [2.75, 3.05) is 19.6 Å². The van der Waals surface area contributed by atoms with Crippen molar-refractivity contribution in [1.82, 2.24) is 15.5 Å². The van der Waals surface area contributed by atoms with E-state index >= 15 is 0 Å². The zero-order valence-electron chi connectivity index (χ0n) is 16.6. The predicted molar refractivity (Wildman–Crippen MR) is 102 cm³/mol. The maximum atomic E-state index is 12.9. The molecule has 1 heterocycles. The second-order valence-corrected chi connectivity index (χ2v) is 7.88. The summed E-state index contributed by atoms with van der Waals surface area (Å²) < 4.78 is 18.0. The monoisotopic (exact) mass is 393 g/mol. The number of halogens is 1. The van der Waals surface area contributed by atoms with Crippen LogP contribution in [0.4, 0.5) is 9.18 Å². The van der Waals surface area contributed by atoms with Gasteiger partial charge in [-0.3, -0.25) is 9.59 Å². The Morgan fingerprint density at radius 2 is 1.75 bits per heavy atom. The summed E-state index contributed by atoms with van der Waals surface area (Å²) in [4.78, 5) is 37.6. The van der Waals surface area contributed by atoms with Crippen LogP contribution >= 0.6 is 0 Å². The van der Waals surface area contributed by atoms with Crippen LogP contribution in [0.15, 0.2) is 24.3 Å². The number of hydrogen-bond donors (Lipinski definition) is 2. The summed E-state index contributed by atoms with van der Waals surface area (Å²) in [5, 5.41) is 5.29. The molecule has 28 heavy (non-hydrogen) atoms. The normalized spacial score (nSPS) is 15.1. The lowest BCUT2D eigenvalue weighted by Crippen LogP contribution is -2.49. The standard InChI is InChI=1S/C20H28FN3O4/c1-20(2,3)28-19(27)22-13-17(25)23-16-8-10-24(11-9-16)18(26)12-14-4-6-15(21)7-5-14/h4-7,16H,8-13H2,1-3H3,(H,22,27)(H,23,25). The lowest BCUT2D eigenvalue weighted by Gasteiger charge is -2.32. The number of nitrogens with zero attached hydrogens (tertiary/aromatic N) is 1. The number of piperidine rings is 1. The quantitative estimate of drug-likeness (QED) is 0.801. The molecule has 0 saturated carbocycles. The molecule has 8 heteroatoms. The maximum absolute atomic E-state index is 12.9. The molecule has 2 N–H and O–H groups in total. The van der Waals surface area contributed by atoms with E-state index in [4.69, 9.17) is 4.74 Å². The number of nitrogens with one attached hydrogen (secondary N) is 2. The van der Waals surface area contributed by atoms with Gasteiger partial charge < -0.3 is 20.3 Å². The highest BCUT2D eigenvalue weighted by molar-refractivity contribution is 5.82. The first kappa shape index (κ1) is 21.7. The third-order valence-corrected chi connectivity index (χ3v) is 4.27. The third-order valence-electron chi connectivity index (χ3n) is 4.27. The van der Waals surface area contributed by atoms with E-state index in [0.717, 1.165) is 5.56 Å². The van der Waals surface area contributed by atoms with Crippen molar-refractivity contribution in [1.29, 1.82) is 0 Å². The Hall–Kier alpha value is -2.64. The van der Waals surface area contributed by atoms with E-state index in [1.54, 1.807) is 37.8 Å². The first-order valence-corrected chi connectivity index (χ1v) is 9.41. The van der Waals surface area contributed by atoms with Gasteiger partial charge in [-0.25, -0.2) is 9.18 Å². The Labute approximate surface area is 164 Å². The summed E-state index contributed by atoms with van der Waals surface area (Å²) >= 11 is 0. The molecule has 1 fully saturated rings. The smallest absolute Gasteiger partial charge is 0.408 e. The number of rotatable bonds is 5.